The van der Waals surface area contributed by atoms with Crippen LogP contribution in [0, 0.1) is 0 Å². The maximum Gasteiger partial charge on any atom is 0.165 e. The Hall–Kier alpha value is -3.00. The summed E-state index contributed by atoms with van der Waals surface area (Å²) >= 11 is 0. The van der Waals surface area contributed by atoms with Crippen molar-refractivity contribution in [2.45, 2.75) is 0 Å². The van der Waals surface area contributed by atoms with Crippen LogP contribution in [0.4, 0.5) is 0 Å². The second-order valence-corrected chi connectivity index (χ2v) is 5.73. The Morgan fingerprint density at radius 1 is 0.545 bits per heavy atom. The number of hydrogen-bond acceptors (Lipinski definition) is 2. The first-order valence-corrected chi connectivity index (χ1v) is 7.26. The third kappa shape index (κ3) is 1.25. The van der Waals surface area contributed by atoms with Crippen molar-refractivity contribution in [2.75, 3.05) is 0 Å². The smallest absolute Gasteiger partial charge is 0.165 e. The number of hydrogen-bond donors (Lipinski definition) is 2. The minimum absolute atomic E-state index is 0.0505. The van der Waals surface area contributed by atoms with Crippen molar-refractivity contribution in [3.63, 3.8) is 0 Å². The molecule has 0 bridgehead atoms. The summed E-state index contributed by atoms with van der Waals surface area (Å²) in [4.78, 5) is 0. The number of phenols is 2. The number of fused-ring (bicyclic) bond motifs is 5. The fourth-order valence-corrected chi connectivity index (χ4v) is 3.65. The molecule has 0 unspecified atom stereocenters. The van der Waals surface area contributed by atoms with Crippen LogP contribution >= 0.6 is 0 Å². The first kappa shape index (κ1) is 11.6. The molecule has 4 aromatic carbocycles. The molecule has 0 saturated heterocycles. The van der Waals surface area contributed by atoms with E-state index < -0.39 is 0 Å². The summed E-state index contributed by atoms with van der Waals surface area (Å²) in [5, 5.41) is 24.0. The molecule has 0 radical (unpaired) electrons. The summed E-state index contributed by atoms with van der Waals surface area (Å²) in [6.07, 6.45) is 0. The van der Waals surface area contributed by atoms with Gasteiger partial charge in [0.2, 0.25) is 0 Å². The van der Waals surface area contributed by atoms with E-state index >= 15 is 0 Å². The Kier molecular flexibility index (Phi) is 2.01. The highest BCUT2D eigenvalue weighted by molar-refractivity contribution is 6.24. The molecule has 5 rings (SSSR count). The molecule has 0 saturated carbocycles. The maximum atomic E-state index is 10.3. The fourth-order valence-electron chi connectivity index (χ4n) is 3.65. The van der Waals surface area contributed by atoms with Gasteiger partial charge in [0.1, 0.15) is 0 Å². The highest BCUT2D eigenvalue weighted by Gasteiger charge is 2.23. The van der Waals surface area contributed by atoms with Crippen molar-refractivity contribution in [3.8, 4) is 33.8 Å². The zero-order chi connectivity index (χ0) is 14.8. The highest BCUT2D eigenvalue weighted by Crippen LogP contribution is 2.50. The van der Waals surface area contributed by atoms with E-state index in [1.165, 1.54) is 22.1 Å². The molecule has 0 spiro atoms. The lowest BCUT2D eigenvalue weighted by atomic mass is 9.96. The molecule has 0 fully saturated rings. The summed E-state index contributed by atoms with van der Waals surface area (Å²) in [5.74, 6) is -0.132. The molecule has 4 aromatic rings. The second kappa shape index (κ2) is 3.80. The zero-order valence-corrected chi connectivity index (χ0v) is 11.7. The van der Waals surface area contributed by atoms with Gasteiger partial charge in [-0.25, -0.2) is 0 Å². The van der Waals surface area contributed by atoms with E-state index in [2.05, 4.69) is 24.3 Å². The summed E-state index contributed by atoms with van der Waals surface area (Å²) in [6.45, 7) is 0. The molecule has 22 heavy (non-hydrogen) atoms. The summed E-state index contributed by atoms with van der Waals surface area (Å²) in [5.41, 5.74) is 4.76. The number of aromatic hydroxyl groups is 2. The van der Waals surface area contributed by atoms with Gasteiger partial charge in [-0.2, -0.15) is 0 Å². The first-order valence-electron chi connectivity index (χ1n) is 7.26. The van der Waals surface area contributed by atoms with Crippen molar-refractivity contribution >= 4 is 21.5 Å². The number of benzene rings is 4. The molecule has 104 valence electrons. The highest BCUT2D eigenvalue weighted by atomic mass is 16.3. The predicted molar refractivity (Wildman–Crippen MR) is 89.2 cm³/mol. The van der Waals surface area contributed by atoms with Crippen molar-refractivity contribution in [1.82, 2.24) is 0 Å². The van der Waals surface area contributed by atoms with Crippen LogP contribution in [0.25, 0.3) is 43.8 Å². The van der Waals surface area contributed by atoms with Gasteiger partial charge in [0.05, 0.1) is 0 Å². The number of rotatable bonds is 0. The van der Waals surface area contributed by atoms with E-state index in [1.807, 2.05) is 30.3 Å². The molecule has 0 aromatic heterocycles. The van der Waals surface area contributed by atoms with E-state index in [0.717, 1.165) is 16.3 Å². The monoisotopic (exact) mass is 284 g/mol. The molecule has 0 heterocycles. The Labute approximate surface area is 126 Å². The molecular formula is C20H12O2. The SMILES string of the molecule is Oc1ccc2c(cc3c4c(cccc42)-c2ccccc2-3)c1O. The van der Waals surface area contributed by atoms with Crippen molar-refractivity contribution < 1.29 is 10.2 Å². The normalized spacial score (nSPS) is 12.0. The van der Waals surface area contributed by atoms with Gasteiger partial charge in [-0.15, -0.1) is 0 Å². The lowest BCUT2D eigenvalue weighted by Crippen LogP contribution is -1.82. The standard InChI is InChI=1S/C20H12O2/c21-18-9-8-13-15-7-3-6-14-11-4-1-2-5-12(11)16(19(14)15)10-17(13)20(18)22/h1-10,21-22H. The molecule has 1 aliphatic rings. The number of phenolic OH excluding ortho intramolecular Hbond substituents is 2. The lowest BCUT2D eigenvalue weighted by molar-refractivity contribution is 0.408. The van der Waals surface area contributed by atoms with Crippen LogP contribution in [0.5, 0.6) is 11.5 Å². The lowest BCUT2D eigenvalue weighted by Gasteiger charge is -2.09. The zero-order valence-electron chi connectivity index (χ0n) is 11.7. The van der Waals surface area contributed by atoms with Crippen LogP contribution in [0.15, 0.2) is 60.7 Å². The van der Waals surface area contributed by atoms with Crippen LogP contribution in [0.2, 0.25) is 0 Å². The van der Waals surface area contributed by atoms with Gasteiger partial charge in [0.25, 0.3) is 0 Å². The average Bonchev–Trinajstić information content (AvgIpc) is 2.88. The van der Waals surface area contributed by atoms with Gasteiger partial charge < -0.3 is 10.2 Å². The largest absolute Gasteiger partial charge is 0.504 e. The Morgan fingerprint density at radius 3 is 2.09 bits per heavy atom. The van der Waals surface area contributed by atoms with Crippen LogP contribution < -0.4 is 0 Å². The molecule has 0 atom stereocenters. The maximum absolute atomic E-state index is 10.3. The van der Waals surface area contributed by atoms with Gasteiger partial charge in [0.15, 0.2) is 11.5 Å². The summed E-state index contributed by atoms with van der Waals surface area (Å²) in [6, 6.07) is 20.0. The summed E-state index contributed by atoms with van der Waals surface area (Å²) in [7, 11) is 0. The molecule has 2 N–H and O–H groups in total. The van der Waals surface area contributed by atoms with Gasteiger partial charge in [-0.3, -0.25) is 0 Å². The van der Waals surface area contributed by atoms with Gasteiger partial charge >= 0.3 is 0 Å². The molecule has 0 amide bonds. The molecule has 1 aliphatic carbocycles. The quantitative estimate of drug-likeness (QED) is 0.308. The van der Waals surface area contributed by atoms with Gasteiger partial charge in [-0.1, -0.05) is 42.5 Å². The average molecular weight is 284 g/mol. The predicted octanol–water partition coefficient (Wildman–Crippen LogP) is 5.05. The van der Waals surface area contributed by atoms with Crippen LogP contribution in [-0.4, -0.2) is 10.2 Å². The van der Waals surface area contributed by atoms with Gasteiger partial charge in [-0.05, 0) is 56.6 Å². The van der Waals surface area contributed by atoms with E-state index in [9.17, 15) is 10.2 Å². The van der Waals surface area contributed by atoms with E-state index in [0.29, 0.717) is 5.39 Å². The van der Waals surface area contributed by atoms with Gasteiger partial charge in [0, 0.05) is 5.39 Å². The Bertz CT molecular complexity index is 1090. The second-order valence-electron chi connectivity index (χ2n) is 5.73. The molecule has 2 heteroatoms. The third-order valence-corrected chi connectivity index (χ3v) is 4.62. The molecule has 2 nitrogen and oxygen atoms in total. The minimum Gasteiger partial charge on any atom is -0.504 e. The van der Waals surface area contributed by atoms with E-state index in [4.69, 9.17) is 0 Å². The molecule has 0 aliphatic heterocycles. The molecular weight excluding hydrogens is 272 g/mol. The van der Waals surface area contributed by atoms with Crippen LogP contribution in [-0.2, 0) is 0 Å². The Balaban J connectivity index is 2.10. The van der Waals surface area contributed by atoms with Crippen molar-refractivity contribution in [3.05, 3.63) is 60.7 Å². The van der Waals surface area contributed by atoms with Crippen molar-refractivity contribution in [2.24, 2.45) is 0 Å². The Morgan fingerprint density at radius 2 is 1.27 bits per heavy atom. The van der Waals surface area contributed by atoms with Crippen molar-refractivity contribution in [1.29, 1.82) is 0 Å². The fraction of sp³-hybridized carbons (Fsp3) is 0. The van der Waals surface area contributed by atoms with Crippen LogP contribution in [0.3, 0.4) is 0 Å². The minimum atomic E-state index is -0.0820. The topological polar surface area (TPSA) is 40.5 Å². The summed E-state index contributed by atoms with van der Waals surface area (Å²) < 4.78 is 0. The van der Waals surface area contributed by atoms with E-state index in [1.54, 1.807) is 6.07 Å². The third-order valence-electron chi connectivity index (χ3n) is 4.62. The first-order chi connectivity index (χ1) is 10.8. The van der Waals surface area contributed by atoms with E-state index in [-0.39, 0.29) is 11.5 Å². The van der Waals surface area contributed by atoms with Crippen LogP contribution in [0.1, 0.15) is 0 Å².